The number of carboxylic acid groups (broad SMARTS) is 1. The number of thioether (sulfide) groups is 1. The molecule has 1 fully saturated rings. The molecule has 1 aliphatic rings. The molecule has 1 aliphatic heterocycles. The van der Waals surface area contributed by atoms with E-state index in [-0.39, 0.29) is 6.10 Å². The van der Waals surface area contributed by atoms with Crippen molar-refractivity contribution >= 4 is 23.6 Å². The fourth-order valence-corrected chi connectivity index (χ4v) is 3.42. The van der Waals surface area contributed by atoms with Crippen LogP contribution in [0.3, 0.4) is 0 Å². The highest BCUT2D eigenvalue weighted by Gasteiger charge is 2.41. The van der Waals surface area contributed by atoms with Crippen LogP contribution in [0.1, 0.15) is 37.0 Å². The Morgan fingerprint density at radius 1 is 1.36 bits per heavy atom. The summed E-state index contributed by atoms with van der Waals surface area (Å²) in [6.45, 7) is 3.78. The van der Waals surface area contributed by atoms with E-state index in [4.69, 9.17) is 4.74 Å². The number of ether oxygens (including phenoxy) is 1. The topological polar surface area (TPSA) is 88.5 Å². The normalized spacial score (nSPS) is 17.0. The average molecular weight is 324 g/mol. The van der Waals surface area contributed by atoms with Gasteiger partial charge in [-0.1, -0.05) is 0 Å². The number of rotatable bonds is 5. The molecule has 0 aliphatic carbocycles. The van der Waals surface area contributed by atoms with E-state index in [1.807, 2.05) is 13.8 Å². The minimum atomic E-state index is -1.17. The summed E-state index contributed by atoms with van der Waals surface area (Å²) in [6, 6.07) is 3.20. The maximum Gasteiger partial charge on any atom is 0.329 e. The number of nitrogens with one attached hydrogen (secondary N) is 1. The molecule has 0 saturated carbocycles. The third-order valence-corrected chi connectivity index (χ3v) is 4.45. The Balaban J connectivity index is 2.08. The smallest absolute Gasteiger partial charge is 0.329 e. The SMILES string of the molecule is CC(C)Oc1ccc(C(=O)NC2(C(=O)O)CCSCC2)cn1. The molecule has 7 heteroatoms. The van der Waals surface area contributed by atoms with Crippen LogP contribution in [0, 0.1) is 0 Å². The zero-order chi connectivity index (χ0) is 16.2. The van der Waals surface area contributed by atoms with Gasteiger partial charge in [0.1, 0.15) is 5.54 Å². The Hall–Kier alpha value is -1.76. The van der Waals surface area contributed by atoms with Gasteiger partial charge in [-0.15, -0.1) is 0 Å². The van der Waals surface area contributed by atoms with E-state index in [9.17, 15) is 14.7 Å². The first-order valence-corrected chi connectivity index (χ1v) is 8.35. The standard InChI is InChI=1S/C15H20N2O4S/c1-10(2)21-12-4-3-11(9-16-12)13(18)17-15(14(19)20)5-7-22-8-6-15/h3-4,9-10H,5-8H2,1-2H3,(H,17,18)(H,19,20). The summed E-state index contributed by atoms with van der Waals surface area (Å²) in [7, 11) is 0. The zero-order valence-electron chi connectivity index (χ0n) is 12.7. The molecule has 0 spiro atoms. The van der Waals surface area contributed by atoms with Gasteiger partial charge in [0, 0.05) is 12.3 Å². The van der Waals surface area contributed by atoms with Crippen molar-refractivity contribution in [1.29, 1.82) is 0 Å². The first-order chi connectivity index (χ1) is 10.4. The fourth-order valence-electron chi connectivity index (χ4n) is 2.23. The van der Waals surface area contributed by atoms with Crippen molar-refractivity contribution in [1.82, 2.24) is 10.3 Å². The predicted octanol–water partition coefficient (Wildman–Crippen LogP) is 1.95. The van der Waals surface area contributed by atoms with Crippen LogP contribution in [0.4, 0.5) is 0 Å². The molecule has 1 amide bonds. The van der Waals surface area contributed by atoms with Gasteiger partial charge in [0.15, 0.2) is 0 Å². The molecule has 2 heterocycles. The first-order valence-electron chi connectivity index (χ1n) is 7.19. The maximum atomic E-state index is 12.3. The molecule has 120 valence electrons. The van der Waals surface area contributed by atoms with Crippen molar-refractivity contribution in [3.05, 3.63) is 23.9 Å². The molecule has 22 heavy (non-hydrogen) atoms. The molecule has 0 unspecified atom stereocenters. The minimum absolute atomic E-state index is 0.00203. The number of hydrogen-bond acceptors (Lipinski definition) is 5. The van der Waals surface area contributed by atoms with Crippen LogP contribution in [-0.4, -0.2) is 45.1 Å². The molecular formula is C15H20N2O4S. The van der Waals surface area contributed by atoms with Crippen molar-refractivity contribution in [2.75, 3.05) is 11.5 Å². The molecule has 2 rings (SSSR count). The number of carboxylic acids is 1. The van der Waals surface area contributed by atoms with Crippen molar-refractivity contribution in [3.63, 3.8) is 0 Å². The van der Waals surface area contributed by atoms with Gasteiger partial charge < -0.3 is 15.2 Å². The lowest BCUT2D eigenvalue weighted by Gasteiger charge is -2.33. The summed E-state index contributed by atoms with van der Waals surface area (Å²) in [6.07, 6.45) is 2.27. The van der Waals surface area contributed by atoms with E-state index in [0.29, 0.717) is 24.3 Å². The number of nitrogens with zero attached hydrogens (tertiary/aromatic N) is 1. The van der Waals surface area contributed by atoms with E-state index < -0.39 is 17.4 Å². The quantitative estimate of drug-likeness (QED) is 0.860. The lowest BCUT2D eigenvalue weighted by molar-refractivity contribution is -0.144. The van der Waals surface area contributed by atoms with E-state index >= 15 is 0 Å². The second-order valence-corrected chi connectivity index (χ2v) is 6.73. The number of aromatic nitrogens is 1. The second-order valence-electron chi connectivity index (χ2n) is 5.51. The molecule has 0 atom stereocenters. The summed E-state index contributed by atoms with van der Waals surface area (Å²) in [4.78, 5) is 27.9. The van der Waals surface area contributed by atoms with E-state index in [1.54, 1.807) is 23.9 Å². The van der Waals surface area contributed by atoms with Gasteiger partial charge in [-0.3, -0.25) is 4.79 Å². The molecule has 2 N–H and O–H groups in total. The highest BCUT2D eigenvalue weighted by molar-refractivity contribution is 7.99. The number of aliphatic carboxylic acids is 1. The number of carbonyl (C=O) groups excluding carboxylic acids is 1. The van der Waals surface area contributed by atoms with Gasteiger partial charge in [-0.25, -0.2) is 9.78 Å². The molecule has 0 radical (unpaired) electrons. The molecule has 1 aromatic heterocycles. The predicted molar refractivity (Wildman–Crippen MR) is 84.4 cm³/mol. The van der Waals surface area contributed by atoms with Gasteiger partial charge in [0.2, 0.25) is 5.88 Å². The van der Waals surface area contributed by atoms with Gasteiger partial charge in [0.05, 0.1) is 11.7 Å². The minimum Gasteiger partial charge on any atom is -0.480 e. The van der Waals surface area contributed by atoms with Crippen molar-refractivity contribution in [2.45, 2.75) is 38.3 Å². The van der Waals surface area contributed by atoms with Crippen LogP contribution >= 0.6 is 11.8 Å². The number of amides is 1. The van der Waals surface area contributed by atoms with Crippen molar-refractivity contribution in [3.8, 4) is 5.88 Å². The first kappa shape index (κ1) is 16.6. The highest BCUT2D eigenvalue weighted by atomic mass is 32.2. The van der Waals surface area contributed by atoms with Gasteiger partial charge >= 0.3 is 5.97 Å². The Kier molecular flexibility index (Phi) is 5.28. The Bertz CT molecular complexity index is 539. The third-order valence-electron chi connectivity index (χ3n) is 3.46. The van der Waals surface area contributed by atoms with Gasteiger partial charge in [-0.05, 0) is 44.3 Å². The van der Waals surface area contributed by atoms with Crippen LogP contribution < -0.4 is 10.1 Å². The maximum absolute atomic E-state index is 12.3. The summed E-state index contributed by atoms with van der Waals surface area (Å²) in [5.74, 6) is 0.498. The third kappa shape index (κ3) is 3.91. The van der Waals surface area contributed by atoms with Crippen LogP contribution in [-0.2, 0) is 4.79 Å². The lowest BCUT2D eigenvalue weighted by Crippen LogP contribution is -2.56. The summed E-state index contributed by atoms with van der Waals surface area (Å²) in [5, 5.41) is 12.1. The van der Waals surface area contributed by atoms with Crippen LogP contribution in [0.25, 0.3) is 0 Å². The molecule has 0 aromatic carbocycles. The monoisotopic (exact) mass is 324 g/mol. The Labute approximate surface area is 133 Å². The van der Waals surface area contributed by atoms with Gasteiger partial charge in [0.25, 0.3) is 5.91 Å². The van der Waals surface area contributed by atoms with Crippen LogP contribution in [0.15, 0.2) is 18.3 Å². The van der Waals surface area contributed by atoms with Crippen molar-refractivity contribution in [2.24, 2.45) is 0 Å². The van der Waals surface area contributed by atoms with Crippen molar-refractivity contribution < 1.29 is 19.4 Å². The van der Waals surface area contributed by atoms with E-state index in [2.05, 4.69) is 10.3 Å². The molecule has 0 bridgehead atoms. The largest absolute Gasteiger partial charge is 0.480 e. The number of carbonyl (C=O) groups is 2. The highest BCUT2D eigenvalue weighted by Crippen LogP contribution is 2.27. The summed E-state index contributed by atoms with van der Waals surface area (Å²) in [5.41, 5.74) is -0.843. The fraction of sp³-hybridized carbons (Fsp3) is 0.533. The zero-order valence-corrected chi connectivity index (χ0v) is 13.5. The molecular weight excluding hydrogens is 304 g/mol. The average Bonchev–Trinajstić information content (AvgIpc) is 2.48. The van der Waals surface area contributed by atoms with Crippen LogP contribution in [0.2, 0.25) is 0 Å². The summed E-state index contributed by atoms with van der Waals surface area (Å²) >= 11 is 1.70. The second kappa shape index (κ2) is 7.00. The Morgan fingerprint density at radius 3 is 2.55 bits per heavy atom. The van der Waals surface area contributed by atoms with Crippen LogP contribution in [0.5, 0.6) is 5.88 Å². The molecule has 1 saturated heterocycles. The molecule has 1 aromatic rings. The van der Waals surface area contributed by atoms with E-state index in [1.165, 1.54) is 6.20 Å². The number of pyridine rings is 1. The lowest BCUT2D eigenvalue weighted by atomic mass is 9.92. The van der Waals surface area contributed by atoms with E-state index in [0.717, 1.165) is 11.5 Å². The number of hydrogen-bond donors (Lipinski definition) is 2. The Morgan fingerprint density at radius 2 is 2.05 bits per heavy atom. The molecule has 6 nitrogen and oxygen atoms in total. The summed E-state index contributed by atoms with van der Waals surface area (Å²) < 4.78 is 5.42. The van der Waals surface area contributed by atoms with Gasteiger partial charge in [-0.2, -0.15) is 11.8 Å².